The minimum atomic E-state index is 0.544. The van der Waals surface area contributed by atoms with Crippen LogP contribution >= 0.6 is 34.4 Å². The monoisotopic (exact) mass is 664 g/mol. The molecule has 47 heavy (non-hydrogen) atoms. The number of nitrogens with zero attached hydrogens (tertiary/aromatic N) is 2. The van der Waals surface area contributed by atoms with E-state index < -0.39 is 0 Å². The first kappa shape index (κ1) is 29.3. The molecule has 7 heteroatoms. The molecule has 0 amide bonds. The predicted octanol–water partition coefficient (Wildman–Crippen LogP) is 11.6. The summed E-state index contributed by atoms with van der Waals surface area (Å²) in [5.41, 5.74) is 8.65. The molecule has 0 saturated carbocycles. The van der Waals surface area contributed by atoms with Gasteiger partial charge in [-0.05, 0) is 70.8 Å². The number of hydrogen-bond donors (Lipinski definition) is 0. The normalized spacial score (nSPS) is 11.1. The fourth-order valence-corrected chi connectivity index (χ4v) is 8.13. The Labute approximate surface area is 285 Å². The topological polar surface area (TPSA) is 44.2 Å². The fraction of sp³-hybridized carbons (Fsp3) is 0.0500. The van der Waals surface area contributed by atoms with Crippen molar-refractivity contribution in [3.8, 4) is 53.3 Å². The minimum absolute atomic E-state index is 0.544. The SMILES string of the molecule is c1ccc(COc2cccc(-c3ccc(-c4ccc(-c5ccc(-c6cccc(OCc7ccccc7)c6)s5)c5nsnc45)s3)c2)cc1. The highest BCUT2D eigenvalue weighted by Gasteiger charge is 2.17. The molecule has 0 N–H and O–H groups in total. The first-order valence-electron chi connectivity index (χ1n) is 15.3. The first-order valence-corrected chi connectivity index (χ1v) is 17.6. The Balaban J connectivity index is 1.02. The van der Waals surface area contributed by atoms with Gasteiger partial charge in [-0.15, -0.1) is 22.7 Å². The molecule has 0 spiro atoms. The van der Waals surface area contributed by atoms with Gasteiger partial charge in [0, 0.05) is 30.6 Å². The van der Waals surface area contributed by atoms with E-state index in [-0.39, 0.29) is 0 Å². The van der Waals surface area contributed by atoms with Gasteiger partial charge in [-0.25, -0.2) is 0 Å². The van der Waals surface area contributed by atoms with E-state index in [1.165, 1.54) is 31.2 Å². The molecule has 8 aromatic rings. The summed E-state index contributed by atoms with van der Waals surface area (Å²) < 4.78 is 21.7. The Kier molecular flexibility index (Phi) is 8.32. The third-order valence-corrected chi connectivity index (χ3v) is 10.8. The molecule has 0 saturated heterocycles. The summed E-state index contributed by atoms with van der Waals surface area (Å²) in [7, 11) is 0. The lowest BCUT2D eigenvalue weighted by molar-refractivity contribution is 0.306. The van der Waals surface area contributed by atoms with Crippen molar-refractivity contribution in [1.82, 2.24) is 8.75 Å². The summed E-state index contributed by atoms with van der Waals surface area (Å²) >= 11 is 4.78. The Morgan fingerprint density at radius 1 is 0.426 bits per heavy atom. The Bertz CT molecular complexity index is 2110. The van der Waals surface area contributed by atoms with Crippen molar-refractivity contribution in [1.29, 1.82) is 0 Å². The summed E-state index contributed by atoms with van der Waals surface area (Å²) in [5.74, 6) is 1.72. The lowest BCUT2D eigenvalue weighted by Crippen LogP contribution is -1.94. The molecule has 228 valence electrons. The van der Waals surface area contributed by atoms with Gasteiger partial charge < -0.3 is 9.47 Å². The zero-order chi connectivity index (χ0) is 31.4. The molecule has 0 unspecified atom stereocenters. The van der Waals surface area contributed by atoms with Crippen molar-refractivity contribution in [2.75, 3.05) is 0 Å². The van der Waals surface area contributed by atoms with Crippen LogP contribution in [-0.4, -0.2) is 8.75 Å². The highest BCUT2D eigenvalue weighted by atomic mass is 32.1. The second-order valence-corrected chi connectivity index (χ2v) is 13.8. The molecule has 5 aromatic carbocycles. The molecule has 3 heterocycles. The maximum absolute atomic E-state index is 6.09. The first-order chi connectivity index (χ1) is 23.3. The Hall–Kier alpha value is -5.08. The van der Waals surface area contributed by atoms with Crippen LogP contribution < -0.4 is 9.47 Å². The van der Waals surface area contributed by atoms with E-state index >= 15 is 0 Å². The number of rotatable bonds is 10. The van der Waals surface area contributed by atoms with Gasteiger partial charge in [0.25, 0.3) is 0 Å². The highest BCUT2D eigenvalue weighted by Crippen LogP contribution is 2.43. The molecular weight excluding hydrogens is 637 g/mol. The lowest BCUT2D eigenvalue weighted by Gasteiger charge is -2.08. The lowest BCUT2D eigenvalue weighted by atomic mass is 10.1. The molecule has 0 aliphatic heterocycles. The van der Waals surface area contributed by atoms with Crippen LogP contribution in [0.5, 0.6) is 11.5 Å². The molecule has 0 aliphatic rings. The highest BCUT2D eigenvalue weighted by molar-refractivity contribution is 7.19. The van der Waals surface area contributed by atoms with E-state index in [0.29, 0.717) is 13.2 Å². The molecule has 8 rings (SSSR count). The van der Waals surface area contributed by atoms with E-state index in [1.807, 2.05) is 48.5 Å². The van der Waals surface area contributed by atoms with E-state index in [9.17, 15) is 0 Å². The summed E-state index contributed by atoms with van der Waals surface area (Å²) in [6, 6.07) is 50.2. The number of benzene rings is 5. The van der Waals surface area contributed by atoms with Crippen LogP contribution in [0.4, 0.5) is 0 Å². The van der Waals surface area contributed by atoms with Crippen molar-refractivity contribution < 1.29 is 9.47 Å². The van der Waals surface area contributed by atoms with E-state index in [0.717, 1.165) is 55.9 Å². The van der Waals surface area contributed by atoms with Crippen molar-refractivity contribution in [3.63, 3.8) is 0 Å². The molecule has 4 nitrogen and oxygen atoms in total. The second-order valence-electron chi connectivity index (χ2n) is 11.1. The van der Waals surface area contributed by atoms with Gasteiger partial charge in [0.2, 0.25) is 0 Å². The van der Waals surface area contributed by atoms with Crippen LogP contribution in [0.15, 0.2) is 146 Å². The molecule has 0 aliphatic carbocycles. The quantitative estimate of drug-likeness (QED) is 0.146. The van der Waals surface area contributed by atoms with E-state index in [4.69, 9.17) is 18.2 Å². The summed E-state index contributed by atoms with van der Waals surface area (Å²) in [4.78, 5) is 4.70. The number of fused-ring (bicyclic) bond motifs is 1. The van der Waals surface area contributed by atoms with Crippen LogP contribution in [0.3, 0.4) is 0 Å². The second kappa shape index (κ2) is 13.3. The Morgan fingerprint density at radius 2 is 0.872 bits per heavy atom. The number of thiophene rings is 2. The number of ether oxygens (including phenoxy) is 2. The molecule has 3 aromatic heterocycles. The van der Waals surface area contributed by atoms with Crippen molar-refractivity contribution in [2.45, 2.75) is 13.2 Å². The predicted molar refractivity (Wildman–Crippen MR) is 196 cm³/mol. The van der Waals surface area contributed by atoms with Gasteiger partial charge in [0.1, 0.15) is 35.7 Å². The fourth-order valence-electron chi connectivity index (χ4n) is 5.50. The van der Waals surface area contributed by atoms with Crippen molar-refractivity contribution in [2.24, 2.45) is 0 Å². The molecular formula is C40H28N2O2S3. The van der Waals surface area contributed by atoms with Crippen LogP contribution in [0.25, 0.3) is 52.8 Å². The van der Waals surface area contributed by atoms with Crippen LogP contribution in [0.2, 0.25) is 0 Å². The van der Waals surface area contributed by atoms with Crippen LogP contribution in [-0.2, 0) is 13.2 Å². The maximum Gasteiger partial charge on any atom is 0.120 e. The Morgan fingerprint density at radius 3 is 1.34 bits per heavy atom. The zero-order valence-corrected chi connectivity index (χ0v) is 27.7. The van der Waals surface area contributed by atoms with E-state index in [2.05, 4.69) is 97.1 Å². The van der Waals surface area contributed by atoms with Crippen LogP contribution in [0.1, 0.15) is 11.1 Å². The van der Waals surface area contributed by atoms with Crippen molar-refractivity contribution in [3.05, 3.63) is 157 Å². The third kappa shape index (κ3) is 6.46. The van der Waals surface area contributed by atoms with Gasteiger partial charge >= 0.3 is 0 Å². The van der Waals surface area contributed by atoms with Gasteiger partial charge in [0.05, 0.1) is 11.7 Å². The van der Waals surface area contributed by atoms with E-state index in [1.54, 1.807) is 22.7 Å². The van der Waals surface area contributed by atoms with Crippen molar-refractivity contribution >= 4 is 45.4 Å². The number of aromatic nitrogens is 2. The molecule has 0 bridgehead atoms. The average Bonchev–Trinajstić information content (AvgIpc) is 3.93. The smallest absolute Gasteiger partial charge is 0.120 e. The third-order valence-electron chi connectivity index (χ3n) is 7.89. The largest absolute Gasteiger partial charge is 0.489 e. The van der Waals surface area contributed by atoms with Gasteiger partial charge in [-0.3, -0.25) is 0 Å². The molecule has 0 fully saturated rings. The summed E-state index contributed by atoms with van der Waals surface area (Å²) in [6.45, 7) is 1.09. The molecule has 0 atom stereocenters. The van der Waals surface area contributed by atoms with Gasteiger partial charge in [-0.2, -0.15) is 8.75 Å². The minimum Gasteiger partial charge on any atom is -0.489 e. The average molecular weight is 665 g/mol. The number of hydrogen-bond acceptors (Lipinski definition) is 7. The molecule has 0 radical (unpaired) electrons. The summed E-state index contributed by atoms with van der Waals surface area (Å²) in [5, 5.41) is 0. The zero-order valence-electron chi connectivity index (χ0n) is 25.2. The summed E-state index contributed by atoms with van der Waals surface area (Å²) in [6.07, 6.45) is 0. The van der Waals surface area contributed by atoms with Gasteiger partial charge in [0.15, 0.2) is 0 Å². The van der Waals surface area contributed by atoms with Gasteiger partial charge in [-0.1, -0.05) is 97.1 Å². The maximum atomic E-state index is 6.09. The van der Waals surface area contributed by atoms with Crippen LogP contribution in [0, 0.1) is 0 Å². The standard InChI is InChI=1S/C40H28N2O2S3/c1-3-9-27(10-4-1)25-43-31-15-7-13-29(23-31)35-19-21-37(45-35)33-17-18-34(40-39(33)41-47-42-40)38-22-20-36(46-38)30-14-8-16-32(24-30)44-26-28-11-5-2-6-12-28/h1-24H,25-26H2.